The summed E-state index contributed by atoms with van der Waals surface area (Å²) < 4.78 is 5.79. The van der Waals surface area contributed by atoms with Crippen molar-refractivity contribution in [2.45, 2.75) is 37.9 Å². The highest BCUT2D eigenvalue weighted by molar-refractivity contribution is 5.73. The largest absolute Gasteiger partial charge is 0.481 e. The van der Waals surface area contributed by atoms with Gasteiger partial charge in [0.2, 0.25) is 0 Å². The molecule has 4 unspecified atom stereocenters. The Morgan fingerprint density at radius 3 is 2.71 bits per heavy atom. The summed E-state index contributed by atoms with van der Waals surface area (Å²) in [7, 11) is 0. The normalized spacial score (nSPS) is 35.1. The van der Waals surface area contributed by atoms with Crippen LogP contribution in [0.1, 0.15) is 29.9 Å². The third-order valence-corrected chi connectivity index (χ3v) is 4.11. The van der Waals surface area contributed by atoms with Crippen LogP contribution in [-0.2, 0) is 9.53 Å². The molecular formula is C14H16O3. The topological polar surface area (TPSA) is 46.5 Å². The van der Waals surface area contributed by atoms with Crippen LogP contribution in [0.15, 0.2) is 24.3 Å². The molecule has 90 valence electrons. The van der Waals surface area contributed by atoms with E-state index in [9.17, 15) is 9.90 Å². The number of aryl methyl sites for hydroxylation is 1. The van der Waals surface area contributed by atoms with E-state index in [1.165, 1.54) is 5.56 Å². The van der Waals surface area contributed by atoms with Gasteiger partial charge in [-0.25, -0.2) is 0 Å². The first kappa shape index (κ1) is 10.8. The molecule has 0 aromatic heterocycles. The molecule has 1 aromatic carbocycles. The van der Waals surface area contributed by atoms with Crippen LogP contribution in [0.3, 0.4) is 0 Å². The van der Waals surface area contributed by atoms with E-state index in [-0.39, 0.29) is 24.0 Å². The molecule has 0 saturated carbocycles. The third-order valence-electron chi connectivity index (χ3n) is 4.11. The van der Waals surface area contributed by atoms with Gasteiger partial charge in [-0.3, -0.25) is 4.79 Å². The first-order valence-corrected chi connectivity index (χ1v) is 6.12. The van der Waals surface area contributed by atoms with Gasteiger partial charge in [0.25, 0.3) is 0 Å². The molecule has 4 atom stereocenters. The molecule has 2 fully saturated rings. The molecule has 2 aliphatic rings. The Bertz CT molecular complexity index is 455. The van der Waals surface area contributed by atoms with Crippen LogP contribution in [-0.4, -0.2) is 23.3 Å². The van der Waals surface area contributed by atoms with E-state index in [0.717, 1.165) is 18.4 Å². The van der Waals surface area contributed by atoms with Crippen molar-refractivity contribution in [3.63, 3.8) is 0 Å². The minimum absolute atomic E-state index is 0.0347. The van der Waals surface area contributed by atoms with Crippen molar-refractivity contribution in [1.82, 2.24) is 0 Å². The number of hydrogen-bond acceptors (Lipinski definition) is 2. The van der Waals surface area contributed by atoms with Crippen LogP contribution < -0.4 is 0 Å². The summed E-state index contributed by atoms with van der Waals surface area (Å²) >= 11 is 0. The molecule has 2 saturated heterocycles. The molecule has 3 heteroatoms. The molecule has 1 N–H and O–H groups in total. The summed E-state index contributed by atoms with van der Waals surface area (Å²) in [6, 6.07) is 8.05. The Hall–Kier alpha value is -1.35. The zero-order valence-electron chi connectivity index (χ0n) is 9.80. The number of ether oxygens (including phenoxy) is 1. The van der Waals surface area contributed by atoms with E-state index >= 15 is 0 Å². The molecule has 0 amide bonds. The standard InChI is InChI=1S/C14H16O3/c1-8-4-2-3-5-9(8)12-10-6-7-11(17-10)13(12)14(15)16/h2-5,10-13H,6-7H2,1H3,(H,15,16). The van der Waals surface area contributed by atoms with E-state index < -0.39 is 5.97 Å². The van der Waals surface area contributed by atoms with Crippen LogP contribution in [0.25, 0.3) is 0 Å². The molecule has 3 rings (SSSR count). The van der Waals surface area contributed by atoms with Gasteiger partial charge in [0.15, 0.2) is 0 Å². The Morgan fingerprint density at radius 2 is 2.00 bits per heavy atom. The van der Waals surface area contributed by atoms with Crippen LogP contribution >= 0.6 is 0 Å². The lowest BCUT2D eigenvalue weighted by atomic mass is 9.74. The third kappa shape index (κ3) is 1.57. The van der Waals surface area contributed by atoms with Crippen molar-refractivity contribution in [3.8, 4) is 0 Å². The molecule has 2 bridgehead atoms. The Labute approximate surface area is 100 Å². The fourth-order valence-corrected chi connectivity index (χ4v) is 3.35. The first-order chi connectivity index (χ1) is 8.18. The maximum Gasteiger partial charge on any atom is 0.309 e. The van der Waals surface area contributed by atoms with Gasteiger partial charge in [0.05, 0.1) is 18.1 Å². The summed E-state index contributed by atoms with van der Waals surface area (Å²) in [6.07, 6.45) is 1.90. The number of hydrogen-bond donors (Lipinski definition) is 1. The van der Waals surface area contributed by atoms with Gasteiger partial charge >= 0.3 is 5.97 Å². The highest BCUT2D eigenvalue weighted by Gasteiger charge is 2.53. The lowest BCUT2D eigenvalue weighted by molar-refractivity contribution is -0.143. The van der Waals surface area contributed by atoms with Crippen molar-refractivity contribution in [3.05, 3.63) is 35.4 Å². The van der Waals surface area contributed by atoms with Crippen molar-refractivity contribution < 1.29 is 14.6 Å². The fraction of sp³-hybridized carbons (Fsp3) is 0.500. The summed E-state index contributed by atoms with van der Waals surface area (Å²) in [5.41, 5.74) is 2.31. The quantitative estimate of drug-likeness (QED) is 0.851. The Kier molecular flexibility index (Phi) is 2.44. The average molecular weight is 232 g/mol. The van der Waals surface area contributed by atoms with E-state index in [1.807, 2.05) is 31.2 Å². The summed E-state index contributed by atoms with van der Waals surface area (Å²) in [5.74, 6) is -1.05. The zero-order valence-corrected chi connectivity index (χ0v) is 9.80. The molecular weight excluding hydrogens is 216 g/mol. The number of carboxylic acids is 1. The average Bonchev–Trinajstić information content (AvgIpc) is 2.89. The van der Waals surface area contributed by atoms with Crippen molar-refractivity contribution in [2.75, 3.05) is 0 Å². The Balaban J connectivity index is 2.02. The first-order valence-electron chi connectivity index (χ1n) is 6.12. The summed E-state index contributed by atoms with van der Waals surface area (Å²) in [6.45, 7) is 2.04. The molecule has 0 radical (unpaired) electrons. The number of carboxylic acid groups (broad SMARTS) is 1. The van der Waals surface area contributed by atoms with Gasteiger partial charge in [-0.05, 0) is 30.9 Å². The van der Waals surface area contributed by atoms with Crippen molar-refractivity contribution in [2.24, 2.45) is 5.92 Å². The summed E-state index contributed by atoms with van der Waals surface area (Å²) in [5, 5.41) is 9.38. The lowest BCUT2D eigenvalue weighted by Gasteiger charge is -2.26. The van der Waals surface area contributed by atoms with Crippen molar-refractivity contribution >= 4 is 5.97 Å². The second kappa shape index (κ2) is 3.84. The SMILES string of the molecule is Cc1ccccc1C1C2CCC(O2)C1C(=O)O. The molecule has 3 nitrogen and oxygen atoms in total. The minimum Gasteiger partial charge on any atom is -0.481 e. The number of aliphatic carboxylic acids is 1. The van der Waals surface area contributed by atoms with Crippen LogP contribution in [0.4, 0.5) is 0 Å². The molecule has 0 aliphatic carbocycles. The van der Waals surface area contributed by atoms with Crippen LogP contribution in [0.5, 0.6) is 0 Å². The lowest BCUT2D eigenvalue weighted by Crippen LogP contribution is -2.32. The molecule has 2 heterocycles. The number of carbonyl (C=O) groups is 1. The fourth-order valence-electron chi connectivity index (χ4n) is 3.35. The zero-order chi connectivity index (χ0) is 12.0. The molecule has 17 heavy (non-hydrogen) atoms. The molecule has 1 aromatic rings. The molecule has 2 aliphatic heterocycles. The highest BCUT2D eigenvalue weighted by Crippen LogP contribution is 2.49. The predicted octanol–water partition coefficient (Wildman–Crippen LogP) is 2.34. The highest BCUT2D eigenvalue weighted by atomic mass is 16.5. The smallest absolute Gasteiger partial charge is 0.309 e. The van der Waals surface area contributed by atoms with Crippen molar-refractivity contribution in [1.29, 1.82) is 0 Å². The van der Waals surface area contributed by atoms with E-state index in [1.54, 1.807) is 0 Å². The number of benzene rings is 1. The second-order valence-corrected chi connectivity index (χ2v) is 5.04. The van der Waals surface area contributed by atoms with Crippen LogP contribution in [0, 0.1) is 12.8 Å². The molecule has 0 spiro atoms. The predicted molar refractivity (Wildman–Crippen MR) is 62.9 cm³/mol. The second-order valence-electron chi connectivity index (χ2n) is 5.04. The van der Waals surface area contributed by atoms with Gasteiger partial charge in [0.1, 0.15) is 0 Å². The van der Waals surface area contributed by atoms with E-state index in [4.69, 9.17) is 4.74 Å². The Morgan fingerprint density at radius 1 is 1.29 bits per heavy atom. The van der Waals surface area contributed by atoms with Gasteiger partial charge in [-0.2, -0.15) is 0 Å². The van der Waals surface area contributed by atoms with Gasteiger partial charge < -0.3 is 9.84 Å². The van der Waals surface area contributed by atoms with E-state index in [2.05, 4.69) is 0 Å². The minimum atomic E-state index is -0.717. The summed E-state index contributed by atoms with van der Waals surface area (Å²) in [4.78, 5) is 11.4. The van der Waals surface area contributed by atoms with E-state index in [0.29, 0.717) is 0 Å². The number of fused-ring (bicyclic) bond motifs is 2. The van der Waals surface area contributed by atoms with Gasteiger partial charge in [-0.1, -0.05) is 24.3 Å². The maximum atomic E-state index is 11.4. The van der Waals surface area contributed by atoms with Gasteiger partial charge in [0, 0.05) is 5.92 Å². The number of rotatable bonds is 2. The maximum absolute atomic E-state index is 11.4. The monoisotopic (exact) mass is 232 g/mol. The van der Waals surface area contributed by atoms with Gasteiger partial charge in [-0.15, -0.1) is 0 Å². The van der Waals surface area contributed by atoms with Crippen LogP contribution in [0.2, 0.25) is 0 Å².